The summed E-state index contributed by atoms with van der Waals surface area (Å²) in [7, 11) is -0.185. The van der Waals surface area contributed by atoms with Crippen LogP contribution in [0.25, 0.3) is 6.08 Å². The number of rotatable bonds is 1. The van der Waals surface area contributed by atoms with Crippen LogP contribution < -0.4 is 0 Å². The summed E-state index contributed by atoms with van der Waals surface area (Å²) in [5, 5.41) is 0. The summed E-state index contributed by atoms with van der Waals surface area (Å²) >= 11 is 0. The van der Waals surface area contributed by atoms with Gasteiger partial charge < -0.3 is 9.31 Å². The molecule has 1 aliphatic heterocycles. The van der Waals surface area contributed by atoms with Gasteiger partial charge in [-0.05, 0) is 38.8 Å². The summed E-state index contributed by atoms with van der Waals surface area (Å²) in [5.41, 5.74) is 2.06. The lowest BCUT2D eigenvalue weighted by Gasteiger charge is -2.32. The lowest BCUT2D eigenvalue weighted by molar-refractivity contribution is 0.00578. The van der Waals surface area contributed by atoms with Gasteiger partial charge in [-0.1, -0.05) is 36.4 Å². The van der Waals surface area contributed by atoms with Gasteiger partial charge in [-0.25, -0.2) is 0 Å². The Morgan fingerprint density at radius 2 is 1.61 bits per heavy atom. The van der Waals surface area contributed by atoms with Crippen molar-refractivity contribution in [3.05, 3.63) is 41.5 Å². The lowest BCUT2D eigenvalue weighted by atomic mass is 9.69. The Morgan fingerprint density at radius 1 is 1.00 bits per heavy atom. The van der Waals surface area contributed by atoms with Gasteiger partial charge in [0.1, 0.15) is 0 Å². The monoisotopic (exact) mass is 242 g/mol. The van der Waals surface area contributed by atoms with Crippen LogP contribution in [0.15, 0.2) is 30.3 Å². The van der Waals surface area contributed by atoms with Crippen LogP contribution in [-0.4, -0.2) is 18.3 Å². The Labute approximate surface area is 109 Å². The molecule has 0 amide bonds. The van der Waals surface area contributed by atoms with Crippen LogP contribution >= 0.6 is 0 Å². The molecular formula is C15H19BO2. The van der Waals surface area contributed by atoms with Gasteiger partial charge in [0.25, 0.3) is 0 Å². The summed E-state index contributed by atoms with van der Waals surface area (Å²) in [4.78, 5) is 0. The summed E-state index contributed by atoms with van der Waals surface area (Å²) in [6.45, 7) is 8.38. The van der Waals surface area contributed by atoms with Crippen molar-refractivity contribution >= 4 is 13.2 Å². The molecule has 1 unspecified atom stereocenters. The standard InChI is InChI=1S/C15H19BO2/c1-14(2)15(3,4)18-16(17-14)13-10-9-11-7-5-6-8-12(11)13/h5-10,13H,1-4H3. The highest BCUT2D eigenvalue weighted by Crippen LogP contribution is 2.43. The van der Waals surface area contributed by atoms with E-state index < -0.39 is 0 Å². The first-order valence-corrected chi connectivity index (χ1v) is 6.53. The summed E-state index contributed by atoms with van der Waals surface area (Å²) < 4.78 is 12.3. The van der Waals surface area contributed by atoms with Crippen molar-refractivity contribution in [3.8, 4) is 0 Å². The molecule has 0 spiro atoms. The predicted molar refractivity (Wildman–Crippen MR) is 74.3 cm³/mol. The third-order valence-corrected chi connectivity index (χ3v) is 4.40. The topological polar surface area (TPSA) is 18.5 Å². The van der Waals surface area contributed by atoms with Crippen LogP contribution in [0.2, 0.25) is 0 Å². The molecule has 0 aromatic heterocycles. The maximum absolute atomic E-state index is 6.13. The Morgan fingerprint density at radius 3 is 2.28 bits per heavy atom. The average molecular weight is 242 g/mol. The van der Waals surface area contributed by atoms with Gasteiger partial charge in [-0.3, -0.25) is 0 Å². The van der Waals surface area contributed by atoms with E-state index in [2.05, 4.69) is 64.1 Å². The van der Waals surface area contributed by atoms with Crippen molar-refractivity contribution in [2.75, 3.05) is 0 Å². The molecule has 94 valence electrons. The van der Waals surface area contributed by atoms with E-state index in [1.54, 1.807) is 0 Å². The molecule has 2 aliphatic rings. The SMILES string of the molecule is CC1(C)OB(C2C=Cc3ccccc32)OC1(C)C. The van der Waals surface area contributed by atoms with E-state index >= 15 is 0 Å². The fraction of sp³-hybridized carbons (Fsp3) is 0.467. The van der Waals surface area contributed by atoms with Gasteiger partial charge in [0, 0.05) is 5.82 Å². The zero-order chi connectivity index (χ0) is 13.0. The number of hydrogen-bond acceptors (Lipinski definition) is 2. The van der Waals surface area contributed by atoms with Crippen molar-refractivity contribution < 1.29 is 9.31 Å². The molecule has 0 radical (unpaired) electrons. The maximum Gasteiger partial charge on any atom is 0.469 e. The van der Waals surface area contributed by atoms with Crippen LogP contribution in [0.1, 0.15) is 44.6 Å². The zero-order valence-electron chi connectivity index (χ0n) is 11.4. The minimum atomic E-state index is -0.261. The van der Waals surface area contributed by atoms with Crippen molar-refractivity contribution in [1.29, 1.82) is 0 Å². The number of fused-ring (bicyclic) bond motifs is 1. The Bertz CT molecular complexity index is 489. The molecule has 3 heteroatoms. The van der Waals surface area contributed by atoms with Crippen molar-refractivity contribution in [1.82, 2.24) is 0 Å². The minimum absolute atomic E-state index is 0.185. The minimum Gasteiger partial charge on any atom is -0.403 e. The van der Waals surface area contributed by atoms with Gasteiger partial charge in [-0.2, -0.15) is 0 Å². The lowest BCUT2D eigenvalue weighted by Crippen LogP contribution is -2.41. The van der Waals surface area contributed by atoms with Crippen LogP contribution in [-0.2, 0) is 9.31 Å². The predicted octanol–water partition coefficient (Wildman–Crippen LogP) is 3.43. The third-order valence-electron chi connectivity index (χ3n) is 4.40. The van der Waals surface area contributed by atoms with Gasteiger partial charge in [0.2, 0.25) is 0 Å². The molecule has 0 N–H and O–H groups in total. The molecule has 1 heterocycles. The van der Waals surface area contributed by atoms with E-state index in [4.69, 9.17) is 9.31 Å². The quantitative estimate of drug-likeness (QED) is 0.702. The molecule has 1 fully saturated rings. The first kappa shape index (κ1) is 12.0. The number of hydrogen-bond donors (Lipinski definition) is 0. The molecule has 1 saturated heterocycles. The van der Waals surface area contributed by atoms with E-state index in [1.165, 1.54) is 11.1 Å². The molecule has 3 rings (SSSR count). The molecule has 2 nitrogen and oxygen atoms in total. The van der Waals surface area contributed by atoms with Crippen molar-refractivity contribution in [3.63, 3.8) is 0 Å². The summed E-state index contributed by atoms with van der Waals surface area (Å²) in [5.74, 6) is 0.210. The van der Waals surface area contributed by atoms with E-state index in [9.17, 15) is 0 Å². The highest BCUT2D eigenvalue weighted by atomic mass is 16.7. The molecule has 1 aliphatic carbocycles. The van der Waals surface area contributed by atoms with Crippen LogP contribution in [0, 0.1) is 0 Å². The van der Waals surface area contributed by atoms with Crippen LogP contribution in [0.4, 0.5) is 0 Å². The summed E-state index contributed by atoms with van der Waals surface area (Å²) in [6.07, 6.45) is 4.35. The normalized spacial score (nSPS) is 27.6. The first-order valence-electron chi connectivity index (χ1n) is 6.53. The molecule has 1 aromatic carbocycles. The Kier molecular flexibility index (Phi) is 2.48. The van der Waals surface area contributed by atoms with E-state index in [1.807, 2.05) is 0 Å². The third kappa shape index (κ3) is 1.65. The van der Waals surface area contributed by atoms with Gasteiger partial charge in [-0.15, -0.1) is 0 Å². The second-order valence-electron chi connectivity index (χ2n) is 6.14. The molecule has 1 atom stereocenters. The van der Waals surface area contributed by atoms with Crippen LogP contribution in [0.5, 0.6) is 0 Å². The van der Waals surface area contributed by atoms with E-state index in [-0.39, 0.29) is 24.1 Å². The Hall–Kier alpha value is -1.06. The summed E-state index contributed by atoms with van der Waals surface area (Å²) in [6, 6.07) is 8.43. The Balaban J connectivity index is 1.90. The smallest absolute Gasteiger partial charge is 0.403 e. The van der Waals surface area contributed by atoms with E-state index in [0.717, 1.165) is 0 Å². The second-order valence-corrected chi connectivity index (χ2v) is 6.14. The molecule has 0 bridgehead atoms. The number of allylic oxidation sites excluding steroid dienone is 1. The maximum atomic E-state index is 6.13. The second kappa shape index (κ2) is 3.72. The van der Waals surface area contributed by atoms with Crippen LogP contribution in [0.3, 0.4) is 0 Å². The molecule has 1 aromatic rings. The fourth-order valence-electron chi connectivity index (χ4n) is 2.55. The molecular weight excluding hydrogens is 223 g/mol. The molecule has 0 saturated carbocycles. The fourth-order valence-corrected chi connectivity index (χ4v) is 2.55. The zero-order valence-corrected chi connectivity index (χ0v) is 11.4. The largest absolute Gasteiger partial charge is 0.469 e. The first-order chi connectivity index (χ1) is 8.41. The van der Waals surface area contributed by atoms with Gasteiger partial charge in [0.15, 0.2) is 0 Å². The van der Waals surface area contributed by atoms with E-state index in [0.29, 0.717) is 0 Å². The average Bonchev–Trinajstić information content (AvgIpc) is 2.78. The van der Waals surface area contributed by atoms with Gasteiger partial charge in [0.05, 0.1) is 11.2 Å². The van der Waals surface area contributed by atoms with Gasteiger partial charge >= 0.3 is 7.12 Å². The van der Waals surface area contributed by atoms with Crippen molar-refractivity contribution in [2.24, 2.45) is 0 Å². The number of benzene rings is 1. The highest BCUT2D eigenvalue weighted by Gasteiger charge is 2.54. The molecule has 18 heavy (non-hydrogen) atoms. The van der Waals surface area contributed by atoms with Crippen molar-refractivity contribution in [2.45, 2.75) is 44.7 Å². The highest BCUT2D eigenvalue weighted by molar-refractivity contribution is 6.48.